The van der Waals surface area contributed by atoms with Crippen molar-refractivity contribution < 1.29 is 8.78 Å². The highest BCUT2D eigenvalue weighted by atomic mass is 32.1. The number of thiophene rings is 1. The average molecular weight is 239 g/mol. The molecule has 2 N–H and O–H groups in total. The van der Waals surface area contributed by atoms with Crippen molar-refractivity contribution in [3.05, 3.63) is 57.8 Å². The van der Waals surface area contributed by atoms with Crippen molar-refractivity contribution >= 4 is 11.3 Å². The van der Waals surface area contributed by atoms with E-state index in [0.717, 1.165) is 17.7 Å². The molecule has 1 aromatic heterocycles. The lowest BCUT2D eigenvalue weighted by atomic mass is 10.0. The van der Waals surface area contributed by atoms with Gasteiger partial charge >= 0.3 is 0 Å². The smallest absolute Gasteiger partial charge is 0.159 e. The third kappa shape index (κ3) is 2.46. The topological polar surface area (TPSA) is 26.0 Å². The molecule has 1 unspecified atom stereocenters. The number of benzene rings is 1. The minimum atomic E-state index is -0.849. The molecule has 1 atom stereocenters. The highest BCUT2D eigenvalue weighted by molar-refractivity contribution is 7.07. The molecule has 0 fully saturated rings. The monoisotopic (exact) mass is 239 g/mol. The van der Waals surface area contributed by atoms with E-state index >= 15 is 0 Å². The van der Waals surface area contributed by atoms with Gasteiger partial charge in [-0.25, -0.2) is 8.78 Å². The van der Waals surface area contributed by atoms with E-state index in [2.05, 4.69) is 0 Å². The summed E-state index contributed by atoms with van der Waals surface area (Å²) >= 11 is 1.59. The normalized spacial score (nSPS) is 12.7. The summed E-state index contributed by atoms with van der Waals surface area (Å²) in [4.78, 5) is 0. The molecule has 0 aliphatic rings. The van der Waals surface area contributed by atoms with Gasteiger partial charge in [0, 0.05) is 6.04 Å². The van der Waals surface area contributed by atoms with Crippen LogP contribution in [0.1, 0.15) is 17.2 Å². The van der Waals surface area contributed by atoms with E-state index in [4.69, 9.17) is 5.73 Å². The lowest BCUT2D eigenvalue weighted by Gasteiger charge is -2.11. The van der Waals surface area contributed by atoms with E-state index in [1.165, 1.54) is 6.07 Å². The maximum Gasteiger partial charge on any atom is 0.159 e. The Labute approximate surface area is 96.5 Å². The van der Waals surface area contributed by atoms with E-state index in [-0.39, 0.29) is 6.04 Å². The Kier molecular flexibility index (Phi) is 3.31. The molecular formula is C12H11F2NS. The third-order valence-corrected chi connectivity index (χ3v) is 3.14. The lowest BCUT2D eigenvalue weighted by Crippen LogP contribution is -2.13. The van der Waals surface area contributed by atoms with Gasteiger partial charge in [-0.05, 0) is 46.5 Å². The highest BCUT2D eigenvalue weighted by Gasteiger charge is 2.10. The molecule has 2 rings (SSSR count). The van der Waals surface area contributed by atoms with E-state index < -0.39 is 11.6 Å². The minimum Gasteiger partial charge on any atom is -0.324 e. The maximum absolute atomic E-state index is 13.0. The second-order valence-corrected chi connectivity index (χ2v) is 4.40. The maximum atomic E-state index is 13.0. The molecule has 1 nitrogen and oxygen atoms in total. The summed E-state index contributed by atoms with van der Waals surface area (Å²) < 4.78 is 25.7. The molecule has 4 heteroatoms. The molecule has 1 aromatic carbocycles. The number of nitrogens with two attached hydrogens (primary N) is 1. The first kappa shape index (κ1) is 11.2. The zero-order valence-corrected chi connectivity index (χ0v) is 9.31. The summed E-state index contributed by atoms with van der Waals surface area (Å²) in [7, 11) is 0. The molecule has 16 heavy (non-hydrogen) atoms. The van der Waals surface area contributed by atoms with Gasteiger partial charge in [0.15, 0.2) is 11.6 Å². The van der Waals surface area contributed by atoms with Gasteiger partial charge in [0.1, 0.15) is 0 Å². The third-order valence-electron chi connectivity index (χ3n) is 2.41. The molecule has 0 aliphatic heterocycles. The van der Waals surface area contributed by atoms with Crippen LogP contribution in [0.2, 0.25) is 0 Å². The van der Waals surface area contributed by atoms with Crippen molar-refractivity contribution in [2.45, 2.75) is 12.5 Å². The van der Waals surface area contributed by atoms with Crippen LogP contribution in [0.15, 0.2) is 35.0 Å². The molecule has 0 saturated heterocycles. The van der Waals surface area contributed by atoms with Crippen LogP contribution in [0.3, 0.4) is 0 Å². The summed E-state index contributed by atoms with van der Waals surface area (Å²) in [5.74, 6) is -1.69. The van der Waals surface area contributed by atoms with Gasteiger partial charge in [0.25, 0.3) is 0 Å². The predicted molar refractivity (Wildman–Crippen MR) is 61.3 cm³/mol. The van der Waals surface area contributed by atoms with Crippen LogP contribution in [0.25, 0.3) is 0 Å². The molecular weight excluding hydrogens is 228 g/mol. The second kappa shape index (κ2) is 4.72. The quantitative estimate of drug-likeness (QED) is 0.874. The first-order valence-corrected chi connectivity index (χ1v) is 5.82. The molecule has 84 valence electrons. The fourth-order valence-corrected chi connectivity index (χ4v) is 2.21. The van der Waals surface area contributed by atoms with Crippen molar-refractivity contribution in [1.82, 2.24) is 0 Å². The van der Waals surface area contributed by atoms with Crippen LogP contribution in [-0.2, 0) is 6.42 Å². The summed E-state index contributed by atoms with van der Waals surface area (Å²) in [5.41, 5.74) is 7.65. The molecule has 0 spiro atoms. The van der Waals surface area contributed by atoms with E-state index in [1.807, 2.05) is 16.8 Å². The molecule has 2 aromatic rings. The van der Waals surface area contributed by atoms with Crippen LogP contribution in [0.4, 0.5) is 8.78 Å². The Balaban J connectivity index is 2.14. The van der Waals surface area contributed by atoms with Crippen molar-refractivity contribution in [2.75, 3.05) is 0 Å². The van der Waals surface area contributed by atoms with Crippen LogP contribution in [-0.4, -0.2) is 0 Å². The van der Waals surface area contributed by atoms with Crippen LogP contribution >= 0.6 is 11.3 Å². The Morgan fingerprint density at radius 2 is 2.00 bits per heavy atom. The van der Waals surface area contributed by atoms with Gasteiger partial charge < -0.3 is 5.73 Å². The fourth-order valence-electron chi connectivity index (χ4n) is 1.52. The number of hydrogen-bond donors (Lipinski definition) is 1. The average Bonchev–Trinajstić information content (AvgIpc) is 2.74. The van der Waals surface area contributed by atoms with Gasteiger partial charge in [0.2, 0.25) is 0 Å². The van der Waals surface area contributed by atoms with Gasteiger partial charge in [-0.2, -0.15) is 11.3 Å². The van der Waals surface area contributed by atoms with Crippen LogP contribution in [0, 0.1) is 11.6 Å². The Hall–Kier alpha value is -1.26. The lowest BCUT2D eigenvalue weighted by molar-refractivity contribution is 0.505. The Morgan fingerprint density at radius 1 is 1.19 bits per heavy atom. The molecule has 0 saturated carbocycles. The summed E-state index contributed by atoms with van der Waals surface area (Å²) in [6.07, 6.45) is 0.634. The molecule has 1 heterocycles. The SMILES string of the molecule is NC(Cc1ccsc1)c1ccc(F)c(F)c1. The zero-order valence-electron chi connectivity index (χ0n) is 8.49. The summed E-state index contributed by atoms with van der Waals surface area (Å²) in [6, 6.07) is 5.47. The predicted octanol–water partition coefficient (Wildman–Crippen LogP) is 3.27. The van der Waals surface area contributed by atoms with Crippen molar-refractivity contribution in [3.63, 3.8) is 0 Å². The molecule has 0 amide bonds. The van der Waals surface area contributed by atoms with E-state index in [1.54, 1.807) is 11.3 Å². The summed E-state index contributed by atoms with van der Waals surface area (Å²) in [5, 5.41) is 3.97. The number of rotatable bonds is 3. The summed E-state index contributed by atoms with van der Waals surface area (Å²) in [6.45, 7) is 0. The zero-order chi connectivity index (χ0) is 11.5. The second-order valence-electron chi connectivity index (χ2n) is 3.62. The highest BCUT2D eigenvalue weighted by Crippen LogP contribution is 2.19. The van der Waals surface area contributed by atoms with E-state index in [9.17, 15) is 8.78 Å². The van der Waals surface area contributed by atoms with Crippen molar-refractivity contribution in [2.24, 2.45) is 5.73 Å². The van der Waals surface area contributed by atoms with Crippen LogP contribution in [0.5, 0.6) is 0 Å². The fraction of sp³-hybridized carbons (Fsp3) is 0.167. The van der Waals surface area contributed by atoms with Gasteiger partial charge in [-0.15, -0.1) is 0 Å². The van der Waals surface area contributed by atoms with Gasteiger partial charge in [0.05, 0.1) is 0 Å². The molecule has 0 aliphatic carbocycles. The first-order chi connectivity index (χ1) is 7.66. The van der Waals surface area contributed by atoms with E-state index in [0.29, 0.717) is 12.0 Å². The Bertz CT molecular complexity index is 468. The van der Waals surface area contributed by atoms with Gasteiger partial charge in [-0.3, -0.25) is 0 Å². The largest absolute Gasteiger partial charge is 0.324 e. The van der Waals surface area contributed by atoms with Crippen molar-refractivity contribution in [3.8, 4) is 0 Å². The van der Waals surface area contributed by atoms with Crippen molar-refractivity contribution in [1.29, 1.82) is 0 Å². The molecule has 0 radical (unpaired) electrons. The Morgan fingerprint density at radius 3 is 2.62 bits per heavy atom. The number of hydrogen-bond acceptors (Lipinski definition) is 2. The first-order valence-electron chi connectivity index (χ1n) is 4.88. The minimum absolute atomic E-state index is 0.301. The molecule has 0 bridgehead atoms. The number of halogens is 2. The van der Waals surface area contributed by atoms with Gasteiger partial charge in [-0.1, -0.05) is 6.07 Å². The standard InChI is InChI=1S/C12H11F2NS/c13-10-2-1-9(6-11(10)14)12(15)5-8-3-4-16-7-8/h1-4,6-7,12H,5,15H2. The van der Waals surface area contributed by atoms with Crippen LogP contribution < -0.4 is 5.73 Å².